The summed E-state index contributed by atoms with van der Waals surface area (Å²) in [5.41, 5.74) is 6.82. The molecule has 2 amide bonds. The van der Waals surface area contributed by atoms with Crippen molar-refractivity contribution < 1.29 is 27.5 Å². The molecule has 3 aromatic rings. The number of aromatic nitrogens is 3. The molecule has 0 atom stereocenters. The zero-order valence-electron chi connectivity index (χ0n) is 24.1. The van der Waals surface area contributed by atoms with E-state index in [0.717, 1.165) is 12.1 Å². The van der Waals surface area contributed by atoms with E-state index in [2.05, 4.69) is 20.3 Å². The number of hydrogen-bond donors (Lipinski definition) is 2. The van der Waals surface area contributed by atoms with Crippen LogP contribution in [0.3, 0.4) is 0 Å². The number of pyridine rings is 1. The highest BCUT2D eigenvalue weighted by atomic mass is 32.2. The van der Waals surface area contributed by atoms with Crippen LogP contribution in [0, 0.1) is 0 Å². The van der Waals surface area contributed by atoms with Crippen LogP contribution in [0.1, 0.15) is 52.7 Å². The molecule has 13 nitrogen and oxygen atoms in total. The van der Waals surface area contributed by atoms with Crippen molar-refractivity contribution in [3.63, 3.8) is 0 Å². The summed E-state index contributed by atoms with van der Waals surface area (Å²) in [6, 6.07) is 10.8. The average molecular weight is 600 g/mol. The fourth-order valence-corrected chi connectivity index (χ4v) is 6.06. The maximum absolute atomic E-state index is 13.6. The molecular weight excluding hydrogens is 562 g/mol. The molecule has 14 heteroatoms. The number of carbonyl (C=O) groups excluding carboxylic acids is 2. The van der Waals surface area contributed by atoms with E-state index in [1.165, 1.54) is 21.3 Å². The van der Waals surface area contributed by atoms with Crippen molar-refractivity contribution in [1.29, 1.82) is 0 Å². The molecule has 0 unspecified atom stereocenters. The number of nitrogens with one attached hydrogen (secondary N) is 1. The third kappa shape index (κ3) is 6.95. The van der Waals surface area contributed by atoms with E-state index in [-0.39, 0.29) is 53.2 Å². The molecule has 0 bridgehead atoms. The first-order valence-corrected chi connectivity index (χ1v) is 15.3. The van der Waals surface area contributed by atoms with Crippen molar-refractivity contribution in [2.75, 3.05) is 44.6 Å². The molecule has 1 saturated heterocycles. The number of sulfonamides is 1. The highest BCUT2D eigenvalue weighted by molar-refractivity contribution is 7.89. The zero-order chi connectivity index (χ0) is 30.3. The van der Waals surface area contributed by atoms with E-state index >= 15 is 0 Å². The number of ether oxygens (including phenoxy) is 2. The fourth-order valence-electron chi connectivity index (χ4n) is 4.67. The second-order valence-electron chi connectivity index (χ2n) is 9.58. The van der Waals surface area contributed by atoms with Crippen LogP contribution in [-0.2, 0) is 34.5 Å². The molecule has 0 radical (unpaired) electrons. The predicted octanol–water partition coefficient (Wildman–Crippen LogP) is 2.09. The van der Waals surface area contributed by atoms with Gasteiger partial charge in [0.25, 0.3) is 11.8 Å². The Bertz CT molecular complexity index is 1500. The van der Waals surface area contributed by atoms with Gasteiger partial charge in [-0.3, -0.25) is 9.59 Å². The second-order valence-corrected chi connectivity index (χ2v) is 11.5. The number of anilines is 1. The molecule has 0 spiro atoms. The minimum Gasteiger partial charge on any atom is -0.477 e. The van der Waals surface area contributed by atoms with Gasteiger partial charge in [-0.1, -0.05) is 37.3 Å². The summed E-state index contributed by atoms with van der Waals surface area (Å²) in [6.07, 6.45) is 1.19. The lowest BCUT2D eigenvalue weighted by atomic mass is 10.2. The van der Waals surface area contributed by atoms with Crippen molar-refractivity contribution in [1.82, 2.24) is 24.0 Å². The molecule has 0 aliphatic carbocycles. The van der Waals surface area contributed by atoms with Gasteiger partial charge in [0.1, 0.15) is 27.5 Å². The zero-order valence-corrected chi connectivity index (χ0v) is 24.9. The number of piperazine rings is 1. The number of nitrogens with two attached hydrogens (primary N) is 1. The van der Waals surface area contributed by atoms with Crippen LogP contribution in [0.4, 0.5) is 5.82 Å². The topological polar surface area (TPSA) is 162 Å². The Balaban J connectivity index is 1.61. The number of carbonyl (C=O) groups is 2. The Morgan fingerprint density at radius 2 is 1.74 bits per heavy atom. The number of nitrogens with zero attached hydrogens (tertiary/aromatic N) is 5. The molecule has 3 heterocycles. The summed E-state index contributed by atoms with van der Waals surface area (Å²) in [4.78, 5) is 32.4. The fraction of sp³-hybridized carbons (Fsp3) is 0.429. The molecule has 1 aromatic carbocycles. The van der Waals surface area contributed by atoms with Gasteiger partial charge in [0.05, 0.1) is 26.0 Å². The molecule has 1 fully saturated rings. The number of benzene rings is 1. The molecule has 1 aliphatic rings. The molecule has 0 saturated carbocycles. The lowest BCUT2D eigenvalue weighted by molar-refractivity contribution is 0.0959. The third-order valence-corrected chi connectivity index (χ3v) is 8.79. The number of primary amides is 1. The number of hydrogen-bond acceptors (Lipinski definition) is 9. The summed E-state index contributed by atoms with van der Waals surface area (Å²) < 4.78 is 41.0. The summed E-state index contributed by atoms with van der Waals surface area (Å²) in [7, 11) is -3.92. The van der Waals surface area contributed by atoms with E-state index in [4.69, 9.17) is 15.2 Å². The Labute approximate surface area is 245 Å². The van der Waals surface area contributed by atoms with E-state index in [1.54, 1.807) is 13.8 Å². The molecule has 226 valence electrons. The predicted molar refractivity (Wildman–Crippen MR) is 156 cm³/mol. The van der Waals surface area contributed by atoms with Crippen molar-refractivity contribution in [3.8, 4) is 5.88 Å². The molecule has 4 rings (SSSR count). The van der Waals surface area contributed by atoms with Crippen molar-refractivity contribution in [2.45, 2.75) is 45.4 Å². The monoisotopic (exact) mass is 599 g/mol. The first-order chi connectivity index (χ1) is 20.2. The van der Waals surface area contributed by atoms with Crippen molar-refractivity contribution >= 4 is 27.7 Å². The van der Waals surface area contributed by atoms with Gasteiger partial charge in [0, 0.05) is 32.7 Å². The standard InChI is InChI=1S/C28H37N7O6S/c1-4-33-12-14-34(15-13-33)42(38,39)21-16-22(28(30-17-21)41-6-3)27(37)31-26-24(25(29)36)23(32-35(26)5-2)19-40-18-20-10-8-7-9-11-20/h7-11,16-17H,4-6,12-15,18-19H2,1-3H3,(H2,29,36)(H,31,37). The molecule has 2 aromatic heterocycles. The van der Waals surface area contributed by atoms with Crippen molar-refractivity contribution in [3.05, 3.63) is 65.0 Å². The van der Waals surface area contributed by atoms with Gasteiger partial charge in [-0.15, -0.1) is 0 Å². The van der Waals surface area contributed by atoms with Crippen LogP contribution in [0.25, 0.3) is 0 Å². The van der Waals surface area contributed by atoms with Crippen LogP contribution in [0.2, 0.25) is 0 Å². The minimum absolute atomic E-state index is 0.00162. The molecular formula is C28H37N7O6S. The van der Waals surface area contributed by atoms with E-state index in [1.807, 2.05) is 37.3 Å². The quantitative estimate of drug-likeness (QED) is 0.300. The lowest BCUT2D eigenvalue weighted by Crippen LogP contribution is -2.48. The number of amides is 2. The van der Waals surface area contributed by atoms with Crippen LogP contribution < -0.4 is 15.8 Å². The minimum atomic E-state index is -3.92. The largest absolute Gasteiger partial charge is 0.477 e. The summed E-state index contributed by atoms with van der Waals surface area (Å²) in [5.74, 6) is -1.50. The van der Waals surface area contributed by atoms with Gasteiger partial charge < -0.3 is 25.4 Å². The maximum atomic E-state index is 13.6. The van der Waals surface area contributed by atoms with E-state index in [9.17, 15) is 18.0 Å². The van der Waals surface area contributed by atoms with Gasteiger partial charge in [-0.2, -0.15) is 9.40 Å². The Morgan fingerprint density at radius 1 is 1.02 bits per heavy atom. The number of aryl methyl sites for hydroxylation is 1. The normalized spacial score (nSPS) is 14.5. The van der Waals surface area contributed by atoms with Crippen LogP contribution >= 0.6 is 0 Å². The Hall–Kier alpha value is -3.85. The number of likely N-dealkylation sites (N-methyl/N-ethyl adjacent to an activating group) is 1. The maximum Gasteiger partial charge on any atom is 0.262 e. The van der Waals surface area contributed by atoms with Gasteiger partial charge in [-0.05, 0) is 32.0 Å². The van der Waals surface area contributed by atoms with Crippen molar-refractivity contribution in [2.24, 2.45) is 5.73 Å². The Morgan fingerprint density at radius 3 is 2.36 bits per heavy atom. The second kappa shape index (κ2) is 13.9. The van der Waals surface area contributed by atoms with Crippen LogP contribution in [0.15, 0.2) is 47.5 Å². The van der Waals surface area contributed by atoms with Gasteiger partial charge in [-0.25, -0.2) is 18.1 Å². The highest BCUT2D eigenvalue weighted by Crippen LogP contribution is 2.27. The lowest BCUT2D eigenvalue weighted by Gasteiger charge is -2.33. The molecule has 3 N–H and O–H groups in total. The summed E-state index contributed by atoms with van der Waals surface area (Å²) >= 11 is 0. The van der Waals surface area contributed by atoms with Crippen LogP contribution in [0.5, 0.6) is 5.88 Å². The number of rotatable bonds is 13. The first-order valence-electron chi connectivity index (χ1n) is 13.9. The smallest absolute Gasteiger partial charge is 0.262 e. The average Bonchev–Trinajstić information content (AvgIpc) is 3.35. The Kier molecular flexibility index (Phi) is 10.3. The van der Waals surface area contributed by atoms with Gasteiger partial charge in [0.15, 0.2) is 0 Å². The highest BCUT2D eigenvalue weighted by Gasteiger charge is 2.31. The van der Waals surface area contributed by atoms with E-state index < -0.39 is 21.8 Å². The molecule has 42 heavy (non-hydrogen) atoms. The van der Waals surface area contributed by atoms with Gasteiger partial charge >= 0.3 is 0 Å². The first kappa shape index (κ1) is 31.1. The summed E-state index contributed by atoms with van der Waals surface area (Å²) in [5, 5.41) is 7.14. The third-order valence-electron chi connectivity index (χ3n) is 6.92. The van der Waals surface area contributed by atoms with E-state index in [0.29, 0.717) is 32.7 Å². The van der Waals surface area contributed by atoms with Gasteiger partial charge in [0.2, 0.25) is 15.9 Å². The van der Waals surface area contributed by atoms with Crippen LogP contribution in [-0.4, -0.2) is 83.5 Å². The SMILES string of the molecule is CCOc1ncc(S(=O)(=O)N2CCN(CC)CC2)cc1C(=O)Nc1c(C(N)=O)c(COCc2ccccc2)nn1CC. The summed E-state index contributed by atoms with van der Waals surface area (Å²) in [6.45, 7) is 9.04. The molecule has 1 aliphatic heterocycles.